The van der Waals surface area contributed by atoms with Gasteiger partial charge in [-0.1, -0.05) is 77.7 Å². The summed E-state index contributed by atoms with van der Waals surface area (Å²) in [6, 6.07) is 18.9. The number of anilines is 1. The van der Waals surface area contributed by atoms with Crippen molar-refractivity contribution in [2.75, 3.05) is 11.5 Å². The van der Waals surface area contributed by atoms with Crippen LogP contribution in [0.4, 0.5) is 5.13 Å². The molecule has 0 saturated carbocycles. The number of ketones is 1. The number of fused-ring (bicyclic) bond motifs is 1. The van der Waals surface area contributed by atoms with Gasteiger partial charge in [0.05, 0.1) is 11.6 Å². The maximum absolute atomic E-state index is 13.6. The number of carbonyl (C=O) groups is 2. The lowest BCUT2D eigenvalue weighted by Gasteiger charge is -2.23. The van der Waals surface area contributed by atoms with Crippen molar-refractivity contribution in [3.8, 4) is 11.5 Å². The Kier molecular flexibility index (Phi) is 8.25. The van der Waals surface area contributed by atoms with E-state index in [-0.39, 0.29) is 29.2 Å². The van der Waals surface area contributed by atoms with Crippen LogP contribution in [0.2, 0.25) is 5.02 Å². The van der Waals surface area contributed by atoms with Gasteiger partial charge in [0.2, 0.25) is 5.13 Å². The molecule has 1 fully saturated rings. The van der Waals surface area contributed by atoms with Gasteiger partial charge in [0.1, 0.15) is 30.0 Å². The molecule has 1 saturated heterocycles. The number of amides is 1. The first kappa shape index (κ1) is 29.0. The number of benzene rings is 3. The van der Waals surface area contributed by atoms with Crippen molar-refractivity contribution in [2.24, 2.45) is 0 Å². The number of aliphatic hydroxyl groups is 1. The van der Waals surface area contributed by atoms with Gasteiger partial charge in [0, 0.05) is 22.8 Å². The molecular weight excluding hydrogens is 606 g/mol. The highest BCUT2D eigenvalue weighted by Crippen LogP contribution is 2.45. The molecule has 3 heterocycles. The van der Waals surface area contributed by atoms with Crippen LogP contribution >= 0.6 is 34.7 Å². The molecule has 1 aromatic heterocycles. The minimum absolute atomic E-state index is 0.0127. The second-order valence-corrected chi connectivity index (χ2v) is 12.6. The van der Waals surface area contributed by atoms with Gasteiger partial charge >= 0.3 is 5.91 Å². The van der Waals surface area contributed by atoms with Crippen LogP contribution in [0.5, 0.6) is 11.5 Å². The lowest BCUT2D eigenvalue weighted by atomic mass is 9.94. The molecule has 11 heteroatoms. The first-order valence-electron chi connectivity index (χ1n) is 13.5. The van der Waals surface area contributed by atoms with Gasteiger partial charge in [-0.05, 0) is 60.0 Å². The van der Waals surface area contributed by atoms with E-state index in [1.54, 1.807) is 48.5 Å². The number of nitrogens with zero attached hydrogens (tertiary/aromatic N) is 3. The molecule has 43 heavy (non-hydrogen) atoms. The van der Waals surface area contributed by atoms with Crippen molar-refractivity contribution in [3.05, 3.63) is 112 Å². The lowest BCUT2D eigenvalue weighted by Crippen LogP contribution is -2.29. The van der Waals surface area contributed by atoms with Gasteiger partial charge in [-0.25, -0.2) is 0 Å². The third-order valence-corrected chi connectivity index (χ3v) is 9.54. The first-order valence-corrected chi connectivity index (χ1v) is 15.7. The Morgan fingerprint density at radius 2 is 2.02 bits per heavy atom. The van der Waals surface area contributed by atoms with E-state index in [1.165, 1.54) is 28.0 Å². The molecule has 0 aliphatic carbocycles. The van der Waals surface area contributed by atoms with Gasteiger partial charge in [-0.15, -0.1) is 10.2 Å². The van der Waals surface area contributed by atoms with Crippen LogP contribution in [0, 0.1) is 0 Å². The third-order valence-electron chi connectivity index (χ3n) is 7.07. The second-order valence-electron chi connectivity index (χ2n) is 10.0. The molecule has 3 aromatic carbocycles. The van der Waals surface area contributed by atoms with E-state index in [2.05, 4.69) is 16.8 Å². The smallest absolute Gasteiger partial charge is 0.301 e. The number of Topliss-reactive ketones (excluding diaryl/α,β-unsaturated/α-hetero) is 1. The number of thioether (sulfide) groups is 1. The van der Waals surface area contributed by atoms with E-state index in [1.807, 2.05) is 31.2 Å². The first-order chi connectivity index (χ1) is 20.8. The summed E-state index contributed by atoms with van der Waals surface area (Å²) in [6.45, 7) is 5.94. The summed E-state index contributed by atoms with van der Waals surface area (Å²) in [7, 11) is 0. The van der Waals surface area contributed by atoms with Crippen molar-refractivity contribution in [3.63, 3.8) is 0 Å². The zero-order valence-electron chi connectivity index (χ0n) is 23.0. The van der Waals surface area contributed by atoms with Crippen LogP contribution in [-0.4, -0.2) is 39.7 Å². The van der Waals surface area contributed by atoms with Crippen LogP contribution in [0.3, 0.4) is 0 Å². The fraction of sp³-hybridized carbons (Fsp3) is 0.188. The standard InChI is InChI=1S/C32H26ClN3O5S2/c1-3-13-40-23-9-6-8-19(16-23)27-26(28(37)20-11-12-25-22(15-20)14-18(2)41-25)29(38)30(39)36(27)31-34-35-32(43-31)42-17-21-7-4-5-10-24(21)33/h3-12,15-16,18,27,37H,1,13-14,17H2,2H3. The molecule has 2 aliphatic heterocycles. The van der Waals surface area contributed by atoms with E-state index in [0.29, 0.717) is 38.4 Å². The molecule has 0 radical (unpaired) electrons. The Morgan fingerprint density at radius 1 is 1.19 bits per heavy atom. The minimum Gasteiger partial charge on any atom is -0.507 e. The van der Waals surface area contributed by atoms with Gasteiger partial charge < -0.3 is 14.6 Å². The van der Waals surface area contributed by atoms with Crippen molar-refractivity contribution in [1.82, 2.24) is 10.2 Å². The predicted molar refractivity (Wildman–Crippen MR) is 168 cm³/mol. The molecule has 1 amide bonds. The van der Waals surface area contributed by atoms with Crippen LogP contribution in [0.25, 0.3) is 5.76 Å². The summed E-state index contributed by atoms with van der Waals surface area (Å²) in [5.41, 5.74) is 2.81. The van der Waals surface area contributed by atoms with Crippen molar-refractivity contribution in [2.45, 2.75) is 35.6 Å². The highest BCUT2D eigenvalue weighted by atomic mass is 35.5. The molecule has 0 spiro atoms. The fourth-order valence-electron chi connectivity index (χ4n) is 5.11. The highest BCUT2D eigenvalue weighted by Gasteiger charge is 2.48. The van der Waals surface area contributed by atoms with E-state index < -0.39 is 17.7 Å². The molecule has 4 aromatic rings. The van der Waals surface area contributed by atoms with E-state index >= 15 is 0 Å². The van der Waals surface area contributed by atoms with Crippen molar-refractivity contribution in [1.29, 1.82) is 0 Å². The van der Waals surface area contributed by atoms with Gasteiger partial charge in [0.25, 0.3) is 5.78 Å². The normalized spacial score (nSPS) is 18.9. The Bertz CT molecular complexity index is 1770. The second kappa shape index (κ2) is 12.2. The Labute approximate surface area is 261 Å². The van der Waals surface area contributed by atoms with Crippen LogP contribution in [-0.2, 0) is 21.8 Å². The third kappa shape index (κ3) is 5.78. The maximum Gasteiger partial charge on any atom is 0.301 e. The largest absolute Gasteiger partial charge is 0.507 e. The molecule has 2 atom stereocenters. The summed E-state index contributed by atoms with van der Waals surface area (Å²) < 4.78 is 12.1. The average molecular weight is 632 g/mol. The topological polar surface area (TPSA) is 102 Å². The van der Waals surface area contributed by atoms with Crippen LogP contribution in [0.1, 0.15) is 35.2 Å². The van der Waals surface area contributed by atoms with E-state index in [4.69, 9.17) is 21.1 Å². The predicted octanol–water partition coefficient (Wildman–Crippen LogP) is 7.00. The summed E-state index contributed by atoms with van der Waals surface area (Å²) in [6.07, 6.45) is 2.31. The summed E-state index contributed by atoms with van der Waals surface area (Å²) in [5.74, 6) is -0.0709. The van der Waals surface area contributed by atoms with Crippen LogP contribution < -0.4 is 14.4 Å². The Hall–Kier alpha value is -4.12. The van der Waals surface area contributed by atoms with E-state index in [9.17, 15) is 14.7 Å². The SMILES string of the molecule is C=CCOc1cccc(C2C(=C(O)c3ccc4c(c3)CC(C)O4)C(=O)C(=O)N2c2nnc(SCc3ccccc3Cl)s2)c1. The van der Waals surface area contributed by atoms with Crippen molar-refractivity contribution >= 4 is 57.3 Å². The number of hydrogen-bond donors (Lipinski definition) is 1. The number of aliphatic hydroxyl groups excluding tert-OH is 1. The summed E-state index contributed by atoms with van der Waals surface area (Å²) >= 11 is 8.93. The molecule has 6 rings (SSSR count). The number of carbonyl (C=O) groups excluding carboxylic acids is 2. The molecule has 1 N–H and O–H groups in total. The van der Waals surface area contributed by atoms with Gasteiger partial charge in [0.15, 0.2) is 4.34 Å². The quantitative estimate of drug-likeness (QED) is 0.0526. The number of aromatic nitrogens is 2. The average Bonchev–Trinajstić information content (AvgIpc) is 3.70. The zero-order chi connectivity index (χ0) is 30.1. The summed E-state index contributed by atoms with van der Waals surface area (Å²) in [4.78, 5) is 28.6. The summed E-state index contributed by atoms with van der Waals surface area (Å²) in [5, 5.41) is 21.1. The Morgan fingerprint density at radius 3 is 2.84 bits per heavy atom. The lowest BCUT2D eigenvalue weighted by molar-refractivity contribution is -0.132. The number of halogens is 1. The van der Waals surface area contributed by atoms with E-state index in [0.717, 1.165) is 16.9 Å². The number of hydrogen-bond acceptors (Lipinski definition) is 9. The number of ether oxygens (including phenoxy) is 2. The molecular formula is C32H26ClN3O5S2. The zero-order valence-corrected chi connectivity index (χ0v) is 25.4. The van der Waals surface area contributed by atoms with Gasteiger partial charge in [-0.3, -0.25) is 14.5 Å². The molecule has 2 aliphatic rings. The Balaban J connectivity index is 1.40. The van der Waals surface area contributed by atoms with Crippen LogP contribution in [0.15, 0.2) is 89.3 Å². The number of rotatable bonds is 9. The molecule has 0 bridgehead atoms. The molecule has 2 unspecified atom stereocenters. The fourth-order valence-corrected chi connectivity index (χ4v) is 7.27. The maximum atomic E-state index is 13.6. The highest BCUT2D eigenvalue weighted by molar-refractivity contribution is 8.00. The minimum atomic E-state index is -0.968. The van der Waals surface area contributed by atoms with Gasteiger partial charge in [-0.2, -0.15) is 0 Å². The molecule has 8 nitrogen and oxygen atoms in total. The monoisotopic (exact) mass is 631 g/mol. The molecule has 218 valence electrons. The van der Waals surface area contributed by atoms with Crippen molar-refractivity contribution < 1.29 is 24.2 Å².